The van der Waals surface area contributed by atoms with Crippen LogP contribution in [0.1, 0.15) is 19.4 Å². The maximum absolute atomic E-state index is 13.6. The Morgan fingerprint density at radius 3 is 2.75 bits per heavy atom. The van der Waals surface area contributed by atoms with Crippen LogP contribution >= 0.6 is 27.5 Å². The van der Waals surface area contributed by atoms with Crippen LogP contribution in [-0.2, 0) is 5.41 Å². The molecule has 0 spiro atoms. The van der Waals surface area contributed by atoms with Gasteiger partial charge < -0.3 is 5.32 Å². The maximum Gasteiger partial charge on any atom is 0.287 e. The van der Waals surface area contributed by atoms with Crippen molar-refractivity contribution >= 4 is 32.3 Å². The van der Waals surface area contributed by atoms with E-state index in [1.807, 2.05) is 13.8 Å². The molecule has 0 aromatic heterocycles. The molecule has 16 heavy (non-hydrogen) atoms. The van der Waals surface area contributed by atoms with Gasteiger partial charge >= 0.3 is 0 Å². The summed E-state index contributed by atoms with van der Waals surface area (Å²) >= 11 is 8.59. The molecule has 1 aromatic rings. The van der Waals surface area contributed by atoms with Gasteiger partial charge in [-0.05, 0) is 23.8 Å². The fourth-order valence-corrected chi connectivity index (χ4v) is 1.71. The number of carbonyl (C=O) groups excluding carboxylic acids is 1. The van der Waals surface area contributed by atoms with E-state index in [2.05, 4.69) is 21.2 Å². The third-order valence-corrected chi connectivity index (χ3v) is 2.84. The molecular weight excluding hydrogens is 296 g/mol. The smallest absolute Gasteiger partial charge is 0.287 e. The van der Waals surface area contributed by atoms with Crippen molar-refractivity contribution in [2.75, 3.05) is 6.54 Å². The summed E-state index contributed by atoms with van der Waals surface area (Å²) in [5.74, 6) is -0.321. The molecule has 0 radical (unpaired) electrons. The first-order valence-corrected chi connectivity index (χ1v) is 5.89. The lowest BCUT2D eigenvalue weighted by molar-refractivity contribution is 0.259. The summed E-state index contributed by atoms with van der Waals surface area (Å²) in [6.45, 7) is 4.00. The normalized spacial score (nSPS) is 11.3. The van der Waals surface area contributed by atoms with E-state index in [0.29, 0.717) is 17.1 Å². The van der Waals surface area contributed by atoms with Crippen LogP contribution in [0.25, 0.3) is 0 Å². The molecule has 88 valence electrons. The number of amides is 1. The molecule has 0 fully saturated rings. The van der Waals surface area contributed by atoms with Crippen LogP contribution < -0.4 is 5.32 Å². The van der Waals surface area contributed by atoms with Crippen molar-refractivity contribution in [1.29, 1.82) is 0 Å². The lowest BCUT2D eigenvalue weighted by Crippen LogP contribution is -2.34. The van der Waals surface area contributed by atoms with Gasteiger partial charge in [0.15, 0.2) is 0 Å². The van der Waals surface area contributed by atoms with Crippen molar-refractivity contribution in [2.45, 2.75) is 19.3 Å². The highest BCUT2D eigenvalue weighted by atomic mass is 79.9. The van der Waals surface area contributed by atoms with E-state index in [1.54, 1.807) is 6.07 Å². The van der Waals surface area contributed by atoms with Crippen molar-refractivity contribution in [3.63, 3.8) is 0 Å². The lowest BCUT2D eigenvalue weighted by Gasteiger charge is -2.25. The third kappa shape index (κ3) is 3.46. The van der Waals surface area contributed by atoms with E-state index in [9.17, 15) is 9.18 Å². The number of rotatable bonds is 3. The van der Waals surface area contributed by atoms with Gasteiger partial charge in [0.05, 0.1) is 0 Å². The van der Waals surface area contributed by atoms with Crippen molar-refractivity contribution in [2.24, 2.45) is 0 Å². The van der Waals surface area contributed by atoms with Crippen molar-refractivity contribution < 1.29 is 9.18 Å². The van der Waals surface area contributed by atoms with Crippen LogP contribution in [0.2, 0.25) is 5.02 Å². The van der Waals surface area contributed by atoms with Crippen molar-refractivity contribution in [3.8, 4) is 0 Å². The monoisotopic (exact) mass is 307 g/mol. The van der Waals surface area contributed by atoms with Gasteiger partial charge in [0.2, 0.25) is 0 Å². The van der Waals surface area contributed by atoms with Gasteiger partial charge in [-0.25, -0.2) is 4.39 Å². The summed E-state index contributed by atoms with van der Waals surface area (Å²) in [6, 6.07) is 4.41. The zero-order valence-corrected chi connectivity index (χ0v) is 11.3. The molecule has 2 nitrogen and oxygen atoms in total. The maximum atomic E-state index is 13.6. The third-order valence-electron chi connectivity index (χ3n) is 2.33. The molecule has 0 saturated carbocycles. The average molecular weight is 309 g/mol. The summed E-state index contributed by atoms with van der Waals surface area (Å²) < 4.78 is 13.6. The number of hydrogen-bond donors (Lipinski definition) is 1. The summed E-state index contributed by atoms with van der Waals surface area (Å²) in [6.07, 6.45) is 0. The van der Waals surface area contributed by atoms with Gasteiger partial charge in [-0.15, -0.1) is 0 Å². The highest BCUT2D eigenvalue weighted by molar-refractivity contribution is 9.18. The topological polar surface area (TPSA) is 29.1 Å². The molecule has 0 atom stereocenters. The summed E-state index contributed by atoms with van der Waals surface area (Å²) in [4.78, 5) is 10.4. The highest BCUT2D eigenvalue weighted by Gasteiger charge is 2.24. The van der Waals surface area contributed by atoms with E-state index >= 15 is 0 Å². The molecule has 0 aliphatic heterocycles. The van der Waals surface area contributed by atoms with Gasteiger partial charge in [0.1, 0.15) is 5.82 Å². The summed E-state index contributed by atoms with van der Waals surface area (Å²) in [7, 11) is 0. The second kappa shape index (κ2) is 5.15. The fraction of sp³-hybridized carbons (Fsp3) is 0.364. The Balaban J connectivity index is 2.96. The second-order valence-electron chi connectivity index (χ2n) is 4.14. The fourth-order valence-electron chi connectivity index (χ4n) is 1.40. The number of benzene rings is 1. The number of carbonyl (C=O) groups is 1. The highest BCUT2D eigenvalue weighted by Crippen LogP contribution is 2.27. The minimum absolute atomic E-state index is 0.317. The number of hydrogen-bond acceptors (Lipinski definition) is 1. The van der Waals surface area contributed by atoms with E-state index in [1.165, 1.54) is 12.1 Å². The standard InChI is InChI=1S/C11H12BrClFNO/c1-11(2,6-15-10(12)16)8-5-7(13)3-4-9(8)14/h3-5H,6H2,1-2H3,(H,15,16). The van der Waals surface area contributed by atoms with E-state index in [0.717, 1.165) is 0 Å². The van der Waals surface area contributed by atoms with Crippen molar-refractivity contribution in [1.82, 2.24) is 5.32 Å². The quantitative estimate of drug-likeness (QED) is 0.667. The predicted octanol–water partition coefficient (Wildman–Crippen LogP) is 3.86. The Kier molecular flexibility index (Phi) is 4.33. The number of nitrogens with one attached hydrogen (secondary N) is 1. The summed E-state index contributed by atoms with van der Waals surface area (Å²) in [5, 5.41) is 3.08. The molecule has 0 heterocycles. The van der Waals surface area contributed by atoms with Gasteiger partial charge in [-0.1, -0.05) is 25.4 Å². The van der Waals surface area contributed by atoms with Crippen LogP contribution in [0.15, 0.2) is 18.2 Å². The van der Waals surface area contributed by atoms with Gasteiger partial charge in [0.25, 0.3) is 4.82 Å². The minimum Gasteiger partial charge on any atom is -0.346 e. The summed E-state index contributed by atoms with van der Waals surface area (Å²) in [5.41, 5.74) is -0.0282. The van der Waals surface area contributed by atoms with Crippen LogP contribution in [0.3, 0.4) is 0 Å². The molecule has 0 saturated heterocycles. The van der Waals surface area contributed by atoms with Crippen LogP contribution in [0.5, 0.6) is 0 Å². The lowest BCUT2D eigenvalue weighted by atomic mass is 9.84. The first-order valence-electron chi connectivity index (χ1n) is 4.72. The minimum atomic E-state index is -0.515. The Labute approximate surface area is 107 Å². The SMILES string of the molecule is CC(C)(CNC(=O)Br)c1cc(Cl)ccc1F. The van der Waals surface area contributed by atoms with Crippen LogP contribution in [-0.4, -0.2) is 11.4 Å². The van der Waals surface area contributed by atoms with E-state index in [4.69, 9.17) is 11.6 Å². The predicted molar refractivity (Wildman–Crippen MR) is 66.8 cm³/mol. The Morgan fingerprint density at radius 2 is 2.19 bits per heavy atom. The Morgan fingerprint density at radius 1 is 1.56 bits per heavy atom. The molecule has 1 rings (SSSR count). The molecule has 0 unspecified atom stereocenters. The molecule has 1 amide bonds. The molecule has 0 bridgehead atoms. The molecule has 1 N–H and O–H groups in total. The first-order chi connectivity index (χ1) is 7.33. The van der Waals surface area contributed by atoms with Crippen LogP contribution in [0.4, 0.5) is 9.18 Å². The van der Waals surface area contributed by atoms with Crippen LogP contribution in [0, 0.1) is 5.82 Å². The molecule has 5 heteroatoms. The first kappa shape index (κ1) is 13.5. The van der Waals surface area contributed by atoms with Gasteiger partial charge in [0, 0.05) is 32.9 Å². The van der Waals surface area contributed by atoms with E-state index in [-0.39, 0.29) is 10.6 Å². The Hall–Kier alpha value is -0.610. The second-order valence-corrected chi connectivity index (χ2v) is 5.29. The Bertz CT molecular complexity index is 409. The zero-order valence-electron chi connectivity index (χ0n) is 8.98. The molecule has 0 aliphatic rings. The molecule has 1 aromatic carbocycles. The van der Waals surface area contributed by atoms with Gasteiger partial charge in [-0.2, -0.15) is 0 Å². The van der Waals surface area contributed by atoms with Crippen molar-refractivity contribution in [3.05, 3.63) is 34.6 Å². The van der Waals surface area contributed by atoms with E-state index < -0.39 is 5.41 Å². The number of halogens is 3. The largest absolute Gasteiger partial charge is 0.346 e. The average Bonchev–Trinajstić information content (AvgIpc) is 2.19. The van der Waals surface area contributed by atoms with Gasteiger partial charge in [-0.3, -0.25) is 4.79 Å². The molecular formula is C11H12BrClFNO. The molecule has 0 aliphatic carbocycles. The zero-order chi connectivity index (χ0) is 12.3.